The number of nitrogens with two attached hydrogens (primary N) is 1. The van der Waals surface area contributed by atoms with Gasteiger partial charge in [0.1, 0.15) is 0 Å². The van der Waals surface area contributed by atoms with E-state index in [1.54, 1.807) is 0 Å². The fourth-order valence-electron chi connectivity index (χ4n) is 2.91. The van der Waals surface area contributed by atoms with E-state index in [1.165, 1.54) is 77.0 Å². The zero-order chi connectivity index (χ0) is 17.2. The average molecular weight is 364 g/mol. The second-order valence-corrected chi connectivity index (χ2v) is 6.85. The van der Waals surface area contributed by atoms with Gasteiger partial charge < -0.3 is 10.5 Å². The maximum Gasteiger partial charge on any atom is 0.305 e. The Balaban J connectivity index is 0. The second kappa shape index (κ2) is 20.8. The van der Waals surface area contributed by atoms with Gasteiger partial charge in [0, 0.05) is 6.42 Å². The molecule has 0 amide bonds. The highest BCUT2D eigenvalue weighted by Crippen LogP contribution is 2.19. The first kappa shape index (κ1) is 26.0. The summed E-state index contributed by atoms with van der Waals surface area (Å²) in [6.07, 6.45) is 16.8. The predicted octanol–water partition coefficient (Wildman–Crippen LogP) is 6.03. The first-order valence-electron chi connectivity index (χ1n) is 10.1. The van der Waals surface area contributed by atoms with Crippen molar-refractivity contribution in [2.75, 3.05) is 13.2 Å². The van der Waals surface area contributed by atoms with E-state index in [0.717, 1.165) is 6.42 Å². The van der Waals surface area contributed by atoms with Gasteiger partial charge in [-0.1, -0.05) is 78.1 Å². The quantitative estimate of drug-likeness (QED) is 0.253. The van der Waals surface area contributed by atoms with Gasteiger partial charge in [-0.25, -0.2) is 0 Å². The second-order valence-electron chi connectivity index (χ2n) is 6.85. The van der Waals surface area contributed by atoms with E-state index >= 15 is 0 Å². The van der Waals surface area contributed by atoms with Crippen LogP contribution in [0.4, 0.5) is 0 Å². The highest BCUT2D eigenvalue weighted by Gasteiger charge is 2.12. The Hall–Kier alpha value is -0.280. The third kappa shape index (κ3) is 18.1. The molecule has 4 heteroatoms. The van der Waals surface area contributed by atoms with Gasteiger partial charge in [0.2, 0.25) is 0 Å². The van der Waals surface area contributed by atoms with E-state index in [9.17, 15) is 4.79 Å². The van der Waals surface area contributed by atoms with Crippen molar-refractivity contribution in [1.82, 2.24) is 0 Å². The number of ether oxygens (including phenoxy) is 1. The molecule has 0 rings (SSSR count). The van der Waals surface area contributed by atoms with Gasteiger partial charge in [-0.2, -0.15) is 0 Å². The van der Waals surface area contributed by atoms with Gasteiger partial charge >= 0.3 is 5.97 Å². The molecule has 0 spiro atoms. The predicted molar refractivity (Wildman–Crippen MR) is 107 cm³/mol. The minimum atomic E-state index is -0.0723. The molecule has 0 fully saturated rings. The van der Waals surface area contributed by atoms with Gasteiger partial charge in [0.05, 0.1) is 6.61 Å². The molecule has 0 aliphatic rings. The van der Waals surface area contributed by atoms with Crippen LogP contribution in [0.2, 0.25) is 0 Å². The van der Waals surface area contributed by atoms with Gasteiger partial charge in [-0.15, -0.1) is 12.4 Å². The first-order chi connectivity index (χ1) is 11.2. The lowest BCUT2D eigenvalue weighted by molar-refractivity contribution is -0.145. The van der Waals surface area contributed by atoms with Crippen LogP contribution in [0, 0.1) is 5.92 Å². The Labute approximate surface area is 156 Å². The van der Waals surface area contributed by atoms with Crippen LogP contribution in [-0.2, 0) is 9.53 Å². The fraction of sp³-hybridized carbons (Fsp3) is 0.950. The largest absolute Gasteiger partial charge is 0.465 e. The van der Waals surface area contributed by atoms with Crippen LogP contribution in [0.15, 0.2) is 0 Å². The van der Waals surface area contributed by atoms with Gasteiger partial charge in [-0.05, 0) is 31.7 Å². The van der Waals surface area contributed by atoms with Crippen molar-refractivity contribution in [3.8, 4) is 0 Å². The summed E-state index contributed by atoms with van der Waals surface area (Å²) in [6.45, 7) is 5.68. The Morgan fingerprint density at radius 1 is 0.833 bits per heavy atom. The molecular weight excluding hydrogens is 322 g/mol. The third-order valence-corrected chi connectivity index (χ3v) is 4.50. The summed E-state index contributed by atoms with van der Waals surface area (Å²) in [6, 6.07) is 0. The Morgan fingerprint density at radius 2 is 1.33 bits per heavy atom. The van der Waals surface area contributed by atoms with Gasteiger partial charge in [0.25, 0.3) is 0 Å². The van der Waals surface area contributed by atoms with Crippen molar-refractivity contribution < 1.29 is 9.53 Å². The van der Waals surface area contributed by atoms with Crippen LogP contribution in [0.5, 0.6) is 0 Å². The zero-order valence-corrected chi connectivity index (χ0v) is 17.0. The number of carbonyl (C=O) groups is 1. The van der Waals surface area contributed by atoms with E-state index < -0.39 is 0 Å². The van der Waals surface area contributed by atoms with E-state index in [1.807, 2.05) is 0 Å². The van der Waals surface area contributed by atoms with E-state index in [0.29, 0.717) is 25.5 Å². The summed E-state index contributed by atoms with van der Waals surface area (Å²) < 4.78 is 5.46. The zero-order valence-electron chi connectivity index (χ0n) is 16.2. The number of halogens is 1. The van der Waals surface area contributed by atoms with Gasteiger partial charge in [0.15, 0.2) is 0 Å². The summed E-state index contributed by atoms with van der Waals surface area (Å²) in [5, 5.41) is 0. The lowest BCUT2D eigenvalue weighted by atomic mass is 9.95. The molecule has 146 valence electrons. The standard InChI is InChI=1S/C20H41NO2.ClH/c1-3-5-7-9-10-12-15-19(14-11-8-6-4-2)18-23-20(22)16-13-17-21;/h19H,3-18,21H2,1-2H3;1H. The lowest BCUT2D eigenvalue weighted by Crippen LogP contribution is -2.15. The minimum Gasteiger partial charge on any atom is -0.465 e. The van der Waals surface area contributed by atoms with Crippen molar-refractivity contribution in [1.29, 1.82) is 0 Å². The van der Waals surface area contributed by atoms with Crippen LogP contribution in [-0.4, -0.2) is 19.1 Å². The van der Waals surface area contributed by atoms with Crippen molar-refractivity contribution >= 4 is 18.4 Å². The van der Waals surface area contributed by atoms with Crippen molar-refractivity contribution in [3.63, 3.8) is 0 Å². The topological polar surface area (TPSA) is 52.3 Å². The number of unbranched alkanes of at least 4 members (excludes halogenated alkanes) is 8. The Morgan fingerprint density at radius 3 is 1.88 bits per heavy atom. The molecule has 0 radical (unpaired) electrons. The molecule has 0 saturated heterocycles. The highest BCUT2D eigenvalue weighted by atomic mass is 35.5. The molecule has 0 aromatic heterocycles. The van der Waals surface area contributed by atoms with Crippen LogP contribution >= 0.6 is 12.4 Å². The van der Waals surface area contributed by atoms with Crippen LogP contribution in [0.1, 0.15) is 104 Å². The Kier molecular flexibility index (Phi) is 22.5. The Bertz CT molecular complexity index is 262. The summed E-state index contributed by atoms with van der Waals surface area (Å²) in [5.74, 6) is 0.483. The van der Waals surface area contributed by atoms with Crippen LogP contribution < -0.4 is 5.73 Å². The maximum atomic E-state index is 11.7. The normalized spacial score (nSPS) is 11.8. The lowest BCUT2D eigenvalue weighted by Gasteiger charge is -2.17. The average Bonchev–Trinajstić information content (AvgIpc) is 2.56. The fourth-order valence-corrected chi connectivity index (χ4v) is 2.91. The van der Waals surface area contributed by atoms with Gasteiger partial charge in [-0.3, -0.25) is 4.79 Å². The molecule has 0 aromatic rings. The number of hydrogen-bond donors (Lipinski definition) is 1. The number of rotatable bonds is 17. The summed E-state index contributed by atoms with van der Waals surface area (Å²) in [5.41, 5.74) is 5.43. The molecular formula is C20H42ClNO2. The maximum absolute atomic E-state index is 11.7. The molecule has 1 unspecified atom stereocenters. The molecule has 0 heterocycles. The molecule has 0 saturated carbocycles. The molecule has 0 aliphatic heterocycles. The van der Waals surface area contributed by atoms with Crippen LogP contribution in [0.25, 0.3) is 0 Å². The summed E-state index contributed by atoms with van der Waals surface area (Å²) in [7, 11) is 0. The number of hydrogen-bond acceptors (Lipinski definition) is 3. The SMILES string of the molecule is CCCCCCCCC(CCCCCC)COC(=O)CCCN.Cl. The first-order valence-corrected chi connectivity index (χ1v) is 10.1. The number of esters is 1. The van der Waals surface area contributed by atoms with Crippen molar-refractivity contribution in [2.24, 2.45) is 11.7 Å². The summed E-state index contributed by atoms with van der Waals surface area (Å²) >= 11 is 0. The van der Waals surface area contributed by atoms with Crippen LogP contribution in [0.3, 0.4) is 0 Å². The summed E-state index contributed by atoms with van der Waals surface area (Å²) in [4.78, 5) is 11.7. The van der Waals surface area contributed by atoms with Crippen molar-refractivity contribution in [2.45, 2.75) is 104 Å². The highest BCUT2D eigenvalue weighted by molar-refractivity contribution is 5.85. The smallest absolute Gasteiger partial charge is 0.305 e. The van der Waals surface area contributed by atoms with E-state index in [4.69, 9.17) is 10.5 Å². The molecule has 2 N–H and O–H groups in total. The molecule has 0 aromatic carbocycles. The van der Waals surface area contributed by atoms with E-state index in [-0.39, 0.29) is 18.4 Å². The number of carbonyl (C=O) groups excluding carboxylic acids is 1. The van der Waals surface area contributed by atoms with Crippen molar-refractivity contribution in [3.05, 3.63) is 0 Å². The van der Waals surface area contributed by atoms with E-state index in [2.05, 4.69) is 13.8 Å². The minimum absolute atomic E-state index is 0. The molecule has 24 heavy (non-hydrogen) atoms. The monoisotopic (exact) mass is 363 g/mol. The molecule has 0 aliphatic carbocycles. The molecule has 1 atom stereocenters. The molecule has 3 nitrogen and oxygen atoms in total. The molecule has 0 bridgehead atoms. The third-order valence-electron chi connectivity index (χ3n) is 4.50.